The quantitative estimate of drug-likeness (QED) is 0.159. The van der Waals surface area contributed by atoms with Crippen molar-refractivity contribution in [2.45, 2.75) is 53.1 Å². The maximum Gasteiger partial charge on any atom is 0.317 e. The van der Waals surface area contributed by atoms with Crippen molar-refractivity contribution in [3.05, 3.63) is 29.8 Å². The SMILES string of the molecule is CCN(CC(=O)O)C(C)CN(CC(=O)O)CC(Cc1ccc(NC(=S)C(C)(C)C)cc1)N(CC(=O)O)CC(=O)O. The molecule has 5 N–H and O–H groups in total. The predicted octanol–water partition coefficient (Wildman–Crippen LogP) is 2.04. The van der Waals surface area contributed by atoms with Gasteiger partial charge in [-0.1, -0.05) is 52.0 Å². The van der Waals surface area contributed by atoms with Crippen molar-refractivity contribution in [1.82, 2.24) is 14.7 Å². The lowest BCUT2D eigenvalue weighted by Gasteiger charge is -2.36. The van der Waals surface area contributed by atoms with Crippen LogP contribution >= 0.6 is 12.2 Å². The average Bonchev–Trinajstić information content (AvgIpc) is 2.81. The minimum Gasteiger partial charge on any atom is -0.480 e. The maximum atomic E-state index is 11.7. The fourth-order valence-electron chi connectivity index (χ4n) is 4.22. The zero-order valence-electron chi connectivity index (χ0n) is 23.8. The van der Waals surface area contributed by atoms with Gasteiger partial charge in [-0.25, -0.2) is 0 Å². The van der Waals surface area contributed by atoms with E-state index in [0.29, 0.717) is 11.5 Å². The Morgan fingerprint density at radius 1 is 0.825 bits per heavy atom. The summed E-state index contributed by atoms with van der Waals surface area (Å²) in [5, 5.41) is 40.9. The monoisotopic (exact) mass is 582 g/mol. The van der Waals surface area contributed by atoms with Gasteiger partial charge < -0.3 is 25.7 Å². The zero-order valence-corrected chi connectivity index (χ0v) is 24.6. The van der Waals surface area contributed by atoms with Crippen LogP contribution in [0.15, 0.2) is 24.3 Å². The summed E-state index contributed by atoms with van der Waals surface area (Å²) in [4.78, 5) is 51.5. The maximum absolute atomic E-state index is 11.7. The highest BCUT2D eigenvalue weighted by Gasteiger charge is 2.28. The van der Waals surface area contributed by atoms with Gasteiger partial charge in [-0.15, -0.1) is 0 Å². The molecule has 224 valence electrons. The van der Waals surface area contributed by atoms with Crippen LogP contribution in [0, 0.1) is 5.41 Å². The number of nitrogens with one attached hydrogen (secondary N) is 1. The molecule has 2 atom stereocenters. The molecule has 12 nitrogen and oxygen atoms in total. The van der Waals surface area contributed by atoms with E-state index in [2.05, 4.69) is 5.32 Å². The first-order chi connectivity index (χ1) is 18.5. The number of hydrogen-bond acceptors (Lipinski definition) is 8. The van der Waals surface area contributed by atoms with Crippen LogP contribution in [0.1, 0.15) is 40.2 Å². The van der Waals surface area contributed by atoms with Crippen molar-refractivity contribution in [2.24, 2.45) is 5.41 Å². The van der Waals surface area contributed by atoms with Crippen LogP contribution in [-0.2, 0) is 25.6 Å². The number of rotatable bonds is 18. The minimum absolute atomic E-state index is 0.0515. The van der Waals surface area contributed by atoms with Gasteiger partial charge in [0.1, 0.15) is 0 Å². The van der Waals surface area contributed by atoms with Crippen molar-refractivity contribution in [1.29, 1.82) is 0 Å². The third-order valence-electron chi connectivity index (χ3n) is 6.28. The second-order valence-corrected chi connectivity index (χ2v) is 11.3. The molecular formula is C27H42N4O8S. The van der Waals surface area contributed by atoms with Crippen molar-refractivity contribution < 1.29 is 39.6 Å². The predicted molar refractivity (Wildman–Crippen MR) is 155 cm³/mol. The molecule has 0 aliphatic heterocycles. The normalized spacial score (nSPS) is 13.3. The molecule has 1 rings (SSSR count). The van der Waals surface area contributed by atoms with E-state index in [1.165, 1.54) is 4.90 Å². The molecule has 0 saturated carbocycles. The average molecular weight is 583 g/mol. The summed E-state index contributed by atoms with van der Waals surface area (Å²) >= 11 is 5.44. The second kappa shape index (κ2) is 16.2. The Labute approximate surface area is 240 Å². The van der Waals surface area contributed by atoms with Crippen LogP contribution in [-0.4, -0.2) is 122 Å². The molecule has 0 aromatic heterocycles. The first kappa shape index (κ1) is 34.9. The topological polar surface area (TPSA) is 171 Å². The second-order valence-electron chi connectivity index (χ2n) is 10.8. The highest BCUT2D eigenvalue weighted by Crippen LogP contribution is 2.20. The Morgan fingerprint density at radius 3 is 1.73 bits per heavy atom. The fraction of sp³-hybridized carbons (Fsp3) is 0.593. The Hall–Kier alpha value is -3.13. The van der Waals surface area contributed by atoms with Crippen LogP contribution in [0.25, 0.3) is 0 Å². The Kier molecular flexibility index (Phi) is 14.1. The minimum atomic E-state index is -1.21. The molecule has 1 aromatic carbocycles. The first-order valence-corrected chi connectivity index (χ1v) is 13.4. The number of likely N-dealkylation sites (N-methyl/N-ethyl adjacent to an activating group) is 1. The van der Waals surface area contributed by atoms with Gasteiger partial charge in [0.2, 0.25) is 0 Å². The molecule has 0 heterocycles. The van der Waals surface area contributed by atoms with Gasteiger partial charge in [-0.3, -0.25) is 33.9 Å². The molecule has 0 radical (unpaired) electrons. The lowest BCUT2D eigenvalue weighted by molar-refractivity contribution is -0.144. The summed E-state index contributed by atoms with van der Waals surface area (Å²) < 4.78 is 0. The largest absolute Gasteiger partial charge is 0.480 e. The fourth-order valence-corrected chi connectivity index (χ4v) is 4.34. The van der Waals surface area contributed by atoms with E-state index in [0.717, 1.165) is 11.3 Å². The van der Waals surface area contributed by atoms with Gasteiger partial charge in [0.05, 0.1) is 31.2 Å². The molecule has 0 aliphatic carbocycles. The Bertz CT molecular complexity index is 1010. The summed E-state index contributed by atoms with van der Waals surface area (Å²) in [6, 6.07) is 6.32. The number of thiocarbonyl (C=S) groups is 1. The molecular weight excluding hydrogens is 540 g/mol. The van der Waals surface area contributed by atoms with Crippen LogP contribution < -0.4 is 5.32 Å². The molecule has 0 amide bonds. The van der Waals surface area contributed by atoms with Gasteiger partial charge in [0.25, 0.3) is 0 Å². The number of anilines is 1. The highest BCUT2D eigenvalue weighted by molar-refractivity contribution is 7.80. The van der Waals surface area contributed by atoms with E-state index in [-0.39, 0.29) is 44.1 Å². The van der Waals surface area contributed by atoms with Crippen LogP contribution in [0.2, 0.25) is 0 Å². The zero-order chi connectivity index (χ0) is 30.6. The van der Waals surface area contributed by atoms with Crippen LogP contribution in [0.5, 0.6) is 0 Å². The molecule has 1 aromatic rings. The lowest BCUT2D eigenvalue weighted by atomic mass is 9.96. The van der Waals surface area contributed by atoms with E-state index in [9.17, 15) is 39.6 Å². The number of carbonyl (C=O) groups is 4. The molecule has 0 saturated heterocycles. The molecule has 0 bridgehead atoms. The smallest absolute Gasteiger partial charge is 0.317 e. The van der Waals surface area contributed by atoms with E-state index < -0.39 is 43.0 Å². The van der Waals surface area contributed by atoms with Crippen LogP contribution in [0.3, 0.4) is 0 Å². The van der Waals surface area contributed by atoms with Crippen molar-refractivity contribution >= 4 is 46.8 Å². The van der Waals surface area contributed by atoms with Gasteiger partial charge in [-0.05, 0) is 37.6 Å². The third-order valence-corrected chi connectivity index (χ3v) is 6.99. The third kappa shape index (κ3) is 13.3. The van der Waals surface area contributed by atoms with E-state index in [1.54, 1.807) is 23.6 Å². The van der Waals surface area contributed by atoms with Crippen LogP contribution in [0.4, 0.5) is 5.69 Å². The van der Waals surface area contributed by atoms with Crippen molar-refractivity contribution in [2.75, 3.05) is 51.1 Å². The molecule has 2 unspecified atom stereocenters. The van der Waals surface area contributed by atoms with E-state index in [4.69, 9.17) is 12.2 Å². The molecule has 13 heteroatoms. The lowest BCUT2D eigenvalue weighted by Crippen LogP contribution is -2.52. The highest BCUT2D eigenvalue weighted by atomic mass is 32.1. The number of carboxylic acid groups (broad SMARTS) is 4. The summed E-state index contributed by atoms with van der Waals surface area (Å²) in [6.45, 7) is 8.54. The number of nitrogens with zero attached hydrogens (tertiary/aromatic N) is 3. The van der Waals surface area contributed by atoms with Gasteiger partial charge >= 0.3 is 23.9 Å². The summed E-state index contributed by atoms with van der Waals surface area (Å²) in [6.07, 6.45) is 0.252. The molecule has 0 aliphatic rings. The molecule has 40 heavy (non-hydrogen) atoms. The van der Waals surface area contributed by atoms with Gasteiger partial charge in [0.15, 0.2) is 0 Å². The van der Waals surface area contributed by atoms with Gasteiger partial charge in [0, 0.05) is 36.3 Å². The van der Waals surface area contributed by atoms with E-state index in [1.807, 2.05) is 45.0 Å². The van der Waals surface area contributed by atoms with Crippen molar-refractivity contribution in [3.8, 4) is 0 Å². The molecule has 0 fully saturated rings. The Balaban J connectivity index is 3.29. The standard InChI is InChI=1S/C27H42N4O8S/c1-6-30(15-23(34)35)18(2)12-29(14-22(32)33)13-21(31(16-24(36)37)17-25(38)39)11-19-7-9-20(10-8-19)28-26(40)27(3,4)5/h7-10,18,21H,6,11-17H2,1-5H3,(H,28,40)(H,32,33)(H,34,35)(H,36,37)(H,38,39). The first-order valence-electron chi connectivity index (χ1n) is 13.0. The number of carboxylic acids is 4. The van der Waals surface area contributed by atoms with Crippen molar-refractivity contribution in [3.63, 3.8) is 0 Å². The Morgan fingerprint density at radius 2 is 1.30 bits per heavy atom. The van der Waals surface area contributed by atoms with E-state index >= 15 is 0 Å². The number of benzene rings is 1. The number of hydrogen-bond donors (Lipinski definition) is 5. The van der Waals surface area contributed by atoms with Gasteiger partial charge in [-0.2, -0.15) is 0 Å². The number of aliphatic carboxylic acids is 4. The summed E-state index contributed by atoms with van der Waals surface area (Å²) in [5.41, 5.74) is 1.34. The summed E-state index contributed by atoms with van der Waals surface area (Å²) in [5.74, 6) is -4.54. The molecule has 0 spiro atoms. The summed E-state index contributed by atoms with van der Waals surface area (Å²) in [7, 11) is 0.